The maximum atomic E-state index is 3.31. The van der Waals surface area contributed by atoms with Gasteiger partial charge in [0.2, 0.25) is 0 Å². The molecular weight excluding hydrogens is 146 g/mol. The van der Waals surface area contributed by atoms with Crippen LogP contribution in [-0.4, -0.2) is 13.6 Å². The summed E-state index contributed by atoms with van der Waals surface area (Å²) in [6.45, 7) is 5.88. The van der Waals surface area contributed by atoms with Crippen molar-refractivity contribution in [2.24, 2.45) is 17.8 Å². The smallest absolute Gasteiger partial charge is 0.00209 e. The van der Waals surface area contributed by atoms with Crippen LogP contribution in [0.5, 0.6) is 0 Å². The van der Waals surface area contributed by atoms with Gasteiger partial charge in [0.15, 0.2) is 0 Å². The number of nitrogens with one attached hydrogen (secondary N) is 1. The maximum Gasteiger partial charge on any atom is -0.00209 e. The third-order valence-corrected chi connectivity index (χ3v) is 3.60. The van der Waals surface area contributed by atoms with Crippen LogP contribution in [0.4, 0.5) is 0 Å². The van der Waals surface area contributed by atoms with E-state index in [0.29, 0.717) is 0 Å². The first-order valence-electron chi connectivity index (χ1n) is 5.48. The summed E-state index contributed by atoms with van der Waals surface area (Å²) in [4.78, 5) is 0. The van der Waals surface area contributed by atoms with Crippen LogP contribution in [0.15, 0.2) is 0 Å². The van der Waals surface area contributed by atoms with Crippen LogP contribution in [-0.2, 0) is 0 Å². The molecule has 1 rings (SSSR count). The van der Waals surface area contributed by atoms with E-state index in [1.54, 1.807) is 0 Å². The van der Waals surface area contributed by atoms with Crippen molar-refractivity contribution < 1.29 is 0 Å². The van der Waals surface area contributed by atoms with Gasteiger partial charge in [-0.05, 0) is 44.2 Å². The van der Waals surface area contributed by atoms with Crippen molar-refractivity contribution in [2.45, 2.75) is 39.5 Å². The minimum absolute atomic E-state index is 0.939. The zero-order valence-corrected chi connectivity index (χ0v) is 8.77. The van der Waals surface area contributed by atoms with Crippen molar-refractivity contribution in [3.05, 3.63) is 0 Å². The van der Waals surface area contributed by atoms with Crippen LogP contribution in [0, 0.1) is 17.8 Å². The molecule has 1 aliphatic rings. The average molecular weight is 169 g/mol. The molecule has 0 aliphatic heterocycles. The van der Waals surface area contributed by atoms with Crippen LogP contribution < -0.4 is 5.32 Å². The van der Waals surface area contributed by atoms with E-state index in [4.69, 9.17) is 0 Å². The van der Waals surface area contributed by atoms with Gasteiger partial charge in [-0.15, -0.1) is 0 Å². The fourth-order valence-corrected chi connectivity index (χ4v) is 2.58. The molecule has 1 nitrogen and oxygen atoms in total. The standard InChI is InChI=1S/C11H23N/c1-4-9-6-7-11(9)10(5-2)8-12-3/h9-12H,4-8H2,1-3H3/t9?,10?,11-/m1/s1. The quantitative estimate of drug-likeness (QED) is 0.667. The summed E-state index contributed by atoms with van der Waals surface area (Å²) in [5.74, 6) is 3.02. The van der Waals surface area contributed by atoms with Gasteiger partial charge < -0.3 is 5.32 Å². The lowest BCUT2D eigenvalue weighted by Crippen LogP contribution is -2.36. The summed E-state index contributed by atoms with van der Waals surface area (Å²) >= 11 is 0. The first-order valence-corrected chi connectivity index (χ1v) is 5.48. The second-order valence-electron chi connectivity index (χ2n) is 4.14. The van der Waals surface area contributed by atoms with Gasteiger partial charge in [0.05, 0.1) is 0 Å². The molecule has 0 aromatic carbocycles. The van der Waals surface area contributed by atoms with Crippen LogP contribution in [0.3, 0.4) is 0 Å². The first-order chi connectivity index (χ1) is 5.83. The molecule has 0 bridgehead atoms. The van der Waals surface area contributed by atoms with E-state index in [-0.39, 0.29) is 0 Å². The largest absolute Gasteiger partial charge is 0.319 e. The van der Waals surface area contributed by atoms with Gasteiger partial charge in [-0.1, -0.05) is 26.7 Å². The van der Waals surface area contributed by atoms with E-state index in [1.165, 1.54) is 32.2 Å². The van der Waals surface area contributed by atoms with Crippen molar-refractivity contribution >= 4 is 0 Å². The normalized spacial score (nSPS) is 31.2. The molecule has 1 N–H and O–H groups in total. The molecule has 0 heterocycles. The maximum absolute atomic E-state index is 3.31. The monoisotopic (exact) mass is 169 g/mol. The first kappa shape index (κ1) is 10.0. The highest BCUT2D eigenvalue weighted by Gasteiger charge is 2.34. The second-order valence-corrected chi connectivity index (χ2v) is 4.14. The molecule has 0 amide bonds. The Morgan fingerprint density at radius 1 is 1.33 bits per heavy atom. The number of hydrogen-bond donors (Lipinski definition) is 1. The molecule has 0 radical (unpaired) electrons. The van der Waals surface area contributed by atoms with E-state index in [0.717, 1.165) is 17.8 Å². The Bertz CT molecular complexity index is 118. The Hall–Kier alpha value is -0.0400. The summed E-state index contributed by atoms with van der Waals surface area (Å²) in [6.07, 6.45) is 5.72. The fraction of sp³-hybridized carbons (Fsp3) is 1.00. The lowest BCUT2D eigenvalue weighted by atomic mass is 9.65. The molecule has 0 aromatic heterocycles. The summed E-state index contributed by atoms with van der Waals surface area (Å²) in [5, 5.41) is 3.31. The van der Waals surface area contributed by atoms with Crippen LogP contribution in [0.25, 0.3) is 0 Å². The number of hydrogen-bond acceptors (Lipinski definition) is 1. The average Bonchev–Trinajstić information content (AvgIpc) is 2.02. The molecule has 1 fully saturated rings. The van der Waals surface area contributed by atoms with E-state index in [9.17, 15) is 0 Å². The molecule has 2 unspecified atom stereocenters. The van der Waals surface area contributed by atoms with Gasteiger partial charge in [-0.2, -0.15) is 0 Å². The van der Waals surface area contributed by atoms with Crippen molar-refractivity contribution in [3.8, 4) is 0 Å². The van der Waals surface area contributed by atoms with Crippen LogP contribution >= 0.6 is 0 Å². The number of rotatable bonds is 5. The molecule has 3 atom stereocenters. The Kier molecular flexibility index (Phi) is 4.07. The Morgan fingerprint density at radius 2 is 2.08 bits per heavy atom. The molecule has 1 aliphatic carbocycles. The highest BCUT2D eigenvalue weighted by Crippen LogP contribution is 2.42. The molecule has 72 valence electrons. The zero-order chi connectivity index (χ0) is 8.97. The highest BCUT2D eigenvalue weighted by atomic mass is 14.8. The van der Waals surface area contributed by atoms with E-state index in [1.807, 2.05) is 0 Å². The van der Waals surface area contributed by atoms with Crippen molar-refractivity contribution in [1.29, 1.82) is 0 Å². The van der Waals surface area contributed by atoms with Crippen LogP contribution in [0.1, 0.15) is 39.5 Å². The SMILES string of the molecule is CCC1CC[C@H]1C(CC)CNC. The van der Waals surface area contributed by atoms with E-state index < -0.39 is 0 Å². The van der Waals surface area contributed by atoms with Gasteiger partial charge >= 0.3 is 0 Å². The lowest BCUT2D eigenvalue weighted by Gasteiger charge is -2.41. The van der Waals surface area contributed by atoms with Crippen molar-refractivity contribution in [2.75, 3.05) is 13.6 Å². The lowest BCUT2D eigenvalue weighted by molar-refractivity contribution is 0.0971. The minimum Gasteiger partial charge on any atom is -0.319 e. The predicted molar refractivity (Wildman–Crippen MR) is 54.2 cm³/mol. The third-order valence-electron chi connectivity index (χ3n) is 3.60. The van der Waals surface area contributed by atoms with Gasteiger partial charge in [0.1, 0.15) is 0 Å². The van der Waals surface area contributed by atoms with Gasteiger partial charge in [-0.3, -0.25) is 0 Å². The summed E-state index contributed by atoms with van der Waals surface area (Å²) in [7, 11) is 2.07. The Morgan fingerprint density at radius 3 is 2.42 bits per heavy atom. The van der Waals surface area contributed by atoms with Gasteiger partial charge in [0.25, 0.3) is 0 Å². The van der Waals surface area contributed by atoms with E-state index in [2.05, 4.69) is 26.2 Å². The molecule has 1 heteroatoms. The molecule has 0 aromatic rings. The van der Waals surface area contributed by atoms with E-state index >= 15 is 0 Å². The molecular formula is C11H23N. The van der Waals surface area contributed by atoms with Crippen molar-refractivity contribution in [3.63, 3.8) is 0 Å². The van der Waals surface area contributed by atoms with Crippen molar-refractivity contribution in [1.82, 2.24) is 5.32 Å². The Labute approximate surface area is 76.9 Å². The topological polar surface area (TPSA) is 12.0 Å². The molecule has 0 spiro atoms. The van der Waals surface area contributed by atoms with Crippen LogP contribution in [0.2, 0.25) is 0 Å². The summed E-state index contributed by atoms with van der Waals surface area (Å²) < 4.78 is 0. The minimum atomic E-state index is 0.939. The molecule has 1 saturated carbocycles. The molecule has 12 heavy (non-hydrogen) atoms. The second kappa shape index (κ2) is 4.86. The highest BCUT2D eigenvalue weighted by molar-refractivity contribution is 4.85. The zero-order valence-electron chi connectivity index (χ0n) is 8.77. The summed E-state index contributed by atoms with van der Waals surface area (Å²) in [5.41, 5.74) is 0. The summed E-state index contributed by atoms with van der Waals surface area (Å²) in [6, 6.07) is 0. The molecule has 0 saturated heterocycles. The Balaban J connectivity index is 2.32. The van der Waals surface area contributed by atoms with Gasteiger partial charge in [-0.25, -0.2) is 0 Å². The third kappa shape index (κ3) is 2.01. The predicted octanol–water partition coefficient (Wildman–Crippen LogP) is 2.67. The fourth-order valence-electron chi connectivity index (χ4n) is 2.58. The van der Waals surface area contributed by atoms with Gasteiger partial charge in [0, 0.05) is 0 Å².